The molecule has 3 aromatic carbocycles. The van der Waals surface area contributed by atoms with Gasteiger partial charge in [0.25, 0.3) is 0 Å². The highest BCUT2D eigenvalue weighted by atomic mass is 14.8. The maximum Gasteiger partial charge on any atom is 0.0957 e. The van der Waals surface area contributed by atoms with Gasteiger partial charge < -0.3 is 4.98 Å². The minimum Gasteiger partial charge on any atom is -0.353 e. The van der Waals surface area contributed by atoms with E-state index in [2.05, 4.69) is 72.6 Å². The molecular weight excluding hydrogens is 268 g/mol. The molecule has 0 amide bonds. The summed E-state index contributed by atoms with van der Waals surface area (Å²) in [5, 5.41) is 4.88. The zero-order valence-electron chi connectivity index (χ0n) is 12.2. The van der Waals surface area contributed by atoms with Crippen molar-refractivity contribution >= 4 is 43.6 Å². The summed E-state index contributed by atoms with van der Waals surface area (Å²) in [6.07, 6.45) is 0. The molecule has 0 aliphatic carbocycles. The number of pyridine rings is 1. The molecule has 0 bridgehead atoms. The highest BCUT2D eigenvalue weighted by Gasteiger charge is 2.11. The van der Waals surface area contributed by atoms with Crippen LogP contribution in [0.2, 0.25) is 0 Å². The molecule has 2 nitrogen and oxygen atoms in total. The molecule has 2 heteroatoms. The van der Waals surface area contributed by atoms with Crippen molar-refractivity contribution in [1.82, 2.24) is 9.97 Å². The van der Waals surface area contributed by atoms with E-state index in [0.29, 0.717) is 0 Å². The number of para-hydroxylation sites is 2. The van der Waals surface area contributed by atoms with E-state index in [1.807, 2.05) is 0 Å². The molecule has 5 aromatic rings. The Kier molecular flexibility index (Phi) is 2.18. The lowest BCUT2D eigenvalue weighted by Gasteiger charge is -2.04. The summed E-state index contributed by atoms with van der Waals surface area (Å²) < 4.78 is 0. The predicted octanol–water partition coefficient (Wildman–Crippen LogP) is 5.33. The Morgan fingerprint density at radius 3 is 2.59 bits per heavy atom. The molecule has 2 aromatic heterocycles. The first-order valence-corrected chi connectivity index (χ1v) is 7.51. The van der Waals surface area contributed by atoms with Gasteiger partial charge in [0.15, 0.2) is 0 Å². The molecule has 2 heterocycles. The molecule has 0 spiro atoms. The SMILES string of the molecule is Cc1cccc2c1nc1c2ccc2cc3ccccc3[nH]c21. The second-order valence-corrected chi connectivity index (χ2v) is 5.87. The average Bonchev–Trinajstić information content (AvgIpc) is 2.94. The summed E-state index contributed by atoms with van der Waals surface area (Å²) in [5.41, 5.74) is 5.65. The summed E-state index contributed by atoms with van der Waals surface area (Å²) in [4.78, 5) is 8.49. The summed E-state index contributed by atoms with van der Waals surface area (Å²) in [6.45, 7) is 2.12. The number of aryl methyl sites for hydroxylation is 1. The minimum absolute atomic E-state index is 1.06. The van der Waals surface area contributed by atoms with E-state index in [1.165, 1.54) is 27.1 Å². The van der Waals surface area contributed by atoms with Crippen LogP contribution in [-0.4, -0.2) is 9.97 Å². The minimum atomic E-state index is 1.06. The first kappa shape index (κ1) is 11.8. The number of fused-ring (bicyclic) bond motifs is 6. The van der Waals surface area contributed by atoms with Crippen LogP contribution in [0.4, 0.5) is 0 Å². The van der Waals surface area contributed by atoms with Crippen molar-refractivity contribution in [3.8, 4) is 0 Å². The van der Waals surface area contributed by atoms with Crippen molar-refractivity contribution in [2.24, 2.45) is 0 Å². The fourth-order valence-corrected chi connectivity index (χ4v) is 3.37. The normalized spacial score (nSPS) is 11.9. The number of aromatic amines is 1. The molecule has 104 valence electrons. The van der Waals surface area contributed by atoms with E-state index < -0.39 is 0 Å². The number of hydrogen-bond donors (Lipinski definition) is 1. The second-order valence-electron chi connectivity index (χ2n) is 5.87. The summed E-state index contributed by atoms with van der Waals surface area (Å²) >= 11 is 0. The molecule has 1 N–H and O–H groups in total. The second kappa shape index (κ2) is 4.08. The zero-order chi connectivity index (χ0) is 14.7. The number of aromatic nitrogens is 2. The highest BCUT2D eigenvalue weighted by Crippen LogP contribution is 2.32. The quantitative estimate of drug-likeness (QED) is 0.382. The van der Waals surface area contributed by atoms with Crippen LogP contribution >= 0.6 is 0 Å². The van der Waals surface area contributed by atoms with Crippen LogP contribution in [0.25, 0.3) is 43.6 Å². The number of nitrogens with one attached hydrogen (secondary N) is 1. The molecule has 22 heavy (non-hydrogen) atoms. The first-order chi connectivity index (χ1) is 10.8. The smallest absolute Gasteiger partial charge is 0.0957 e. The van der Waals surface area contributed by atoms with Gasteiger partial charge in [-0.05, 0) is 30.0 Å². The van der Waals surface area contributed by atoms with Crippen LogP contribution in [0, 0.1) is 6.92 Å². The van der Waals surface area contributed by atoms with E-state index in [0.717, 1.165) is 22.1 Å². The maximum absolute atomic E-state index is 4.92. The third-order valence-electron chi connectivity index (χ3n) is 4.49. The predicted molar refractivity (Wildman–Crippen MR) is 93.3 cm³/mol. The standard InChI is InChI=1S/C20H14N2/c1-12-5-4-7-15-16-10-9-14-11-13-6-2-3-8-17(13)21-19(14)20(16)22-18(12)15/h2-11,21H,1H3. The summed E-state index contributed by atoms with van der Waals surface area (Å²) in [5.74, 6) is 0. The molecule has 0 radical (unpaired) electrons. The van der Waals surface area contributed by atoms with Gasteiger partial charge in [0, 0.05) is 21.7 Å². The lowest BCUT2D eigenvalue weighted by Crippen LogP contribution is -1.83. The lowest BCUT2D eigenvalue weighted by atomic mass is 10.1. The summed E-state index contributed by atoms with van der Waals surface area (Å²) in [7, 11) is 0. The largest absolute Gasteiger partial charge is 0.353 e. The molecular formula is C20H14N2. The van der Waals surface area contributed by atoms with Crippen molar-refractivity contribution < 1.29 is 0 Å². The Hall–Kier alpha value is -2.87. The Labute approximate surface area is 127 Å². The number of benzene rings is 3. The molecule has 0 aliphatic rings. The van der Waals surface area contributed by atoms with Gasteiger partial charge in [0.1, 0.15) is 0 Å². The first-order valence-electron chi connectivity index (χ1n) is 7.51. The summed E-state index contributed by atoms with van der Waals surface area (Å²) in [6, 6.07) is 21.4. The van der Waals surface area contributed by atoms with Crippen LogP contribution in [0.3, 0.4) is 0 Å². The molecule has 0 aliphatic heterocycles. The lowest BCUT2D eigenvalue weighted by molar-refractivity contribution is 1.44. The van der Waals surface area contributed by atoms with Crippen LogP contribution in [0.1, 0.15) is 5.56 Å². The Morgan fingerprint density at radius 2 is 1.64 bits per heavy atom. The van der Waals surface area contributed by atoms with Crippen molar-refractivity contribution in [3.05, 3.63) is 66.2 Å². The van der Waals surface area contributed by atoms with Crippen molar-refractivity contribution in [3.63, 3.8) is 0 Å². The van der Waals surface area contributed by atoms with Crippen LogP contribution in [0.5, 0.6) is 0 Å². The molecule has 0 unspecified atom stereocenters. The van der Waals surface area contributed by atoms with E-state index >= 15 is 0 Å². The fraction of sp³-hybridized carbons (Fsp3) is 0.0500. The van der Waals surface area contributed by atoms with Gasteiger partial charge in [-0.1, -0.05) is 48.5 Å². The van der Waals surface area contributed by atoms with Crippen LogP contribution in [0.15, 0.2) is 60.7 Å². The third kappa shape index (κ3) is 1.47. The van der Waals surface area contributed by atoms with Crippen molar-refractivity contribution in [2.75, 3.05) is 0 Å². The van der Waals surface area contributed by atoms with Gasteiger partial charge in [-0.3, -0.25) is 0 Å². The fourth-order valence-electron chi connectivity index (χ4n) is 3.37. The maximum atomic E-state index is 4.92. The van der Waals surface area contributed by atoms with Crippen molar-refractivity contribution in [2.45, 2.75) is 6.92 Å². The number of rotatable bonds is 0. The molecule has 0 fully saturated rings. The van der Waals surface area contributed by atoms with Gasteiger partial charge >= 0.3 is 0 Å². The molecule has 0 saturated carbocycles. The number of H-pyrrole nitrogens is 1. The average molecular weight is 282 g/mol. The Morgan fingerprint density at radius 1 is 0.773 bits per heavy atom. The van der Waals surface area contributed by atoms with Gasteiger partial charge in [-0.25, -0.2) is 4.98 Å². The monoisotopic (exact) mass is 282 g/mol. The van der Waals surface area contributed by atoms with E-state index in [9.17, 15) is 0 Å². The van der Waals surface area contributed by atoms with E-state index in [4.69, 9.17) is 4.98 Å². The molecule has 0 saturated heterocycles. The third-order valence-corrected chi connectivity index (χ3v) is 4.49. The van der Waals surface area contributed by atoms with E-state index in [-0.39, 0.29) is 0 Å². The topological polar surface area (TPSA) is 28.7 Å². The number of nitrogens with zero attached hydrogens (tertiary/aromatic N) is 1. The van der Waals surface area contributed by atoms with Gasteiger partial charge in [0.05, 0.1) is 16.6 Å². The molecule has 0 atom stereocenters. The van der Waals surface area contributed by atoms with Gasteiger partial charge in [0.2, 0.25) is 0 Å². The molecule has 5 rings (SSSR count). The highest BCUT2D eigenvalue weighted by molar-refractivity contribution is 6.17. The van der Waals surface area contributed by atoms with Gasteiger partial charge in [-0.2, -0.15) is 0 Å². The van der Waals surface area contributed by atoms with Crippen molar-refractivity contribution in [1.29, 1.82) is 0 Å². The number of hydrogen-bond acceptors (Lipinski definition) is 1. The Bertz CT molecular complexity index is 1180. The van der Waals surface area contributed by atoms with Gasteiger partial charge in [-0.15, -0.1) is 0 Å². The Balaban J connectivity index is 2.04. The van der Waals surface area contributed by atoms with Crippen LogP contribution in [-0.2, 0) is 0 Å². The van der Waals surface area contributed by atoms with Crippen LogP contribution < -0.4 is 0 Å². The zero-order valence-corrected chi connectivity index (χ0v) is 12.2. The van der Waals surface area contributed by atoms with E-state index in [1.54, 1.807) is 0 Å².